The van der Waals surface area contributed by atoms with Crippen LogP contribution in [0.3, 0.4) is 0 Å². The summed E-state index contributed by atoms with van der Waals surface area (Å²) < 4.78 is 0. The monoisotopic (exact) mass is 189 g/mol. The lowest BCUT2D eigenvalue weighted by molar-refractivity contribution is 1.13. The quantitative estimate of drug-likeness (QED) is 0.774. The maximum absolute atomic E-state index is 5.52. The molecule has 0 unspecified atom stereocenters. The molecule has 0 heterocycles. The molecule has 0 amide bonds. The highest BCUT2D eigenvalue weighted by atomic mass is 14.5. The van der Waals surface area contributed by atoms with Gasteiger partial charge in [0.2, 0.25) is 0 Å². The molecule has 0 atom stereocenters. The molecule has 0 aliphatic heterocycles. The maximum Gasteiger partial charge on any atom is 0.0112 e. The Morgan fingerprint density at radius 2 is 1.86 bits per heavy atom. The van der Waals surface area contributed by atoms with E-state index in [1.807, 2.05) is 0 Å². The molecule has 1 nitrogen and oxygen atoms in total. The Balaban J connectivity index is 2.89. The molecule has 1 aromatic rings. The third-order valence-corrected chi connectivity index (χ3v) is 2.48. The Labute approximate surface area is 86.6 Å². The molecule has 1 aromatic carbocycles. The van der Waals surface area contributed by atoms with E-state index in [2.05, 4.69) is 44.2 Å². The Bertz CT molecular complexity index is 296. The van der Waals surface area contributed by atoms with Crippen LogP contribution in [0.1, 0.15) is 31.4 Å². The first-order valence-corrected chi connectivity index (χ1v) is 5.30. The smallest absolute Gasteiger partial charge is 0.0112 e. The highest BCUT2D eigenvalue weighted by Gasteiger charge is 1.97. The van der Waals surface area contributed by atoms with Crippen LogP contribution in [-0.4, -0.2) is 6.54 Å². The second-order valence-electron chi connectivity index (χ2n) is 3.37. The van der Waals surface area contributed by atoms with E-state index in [1.165, 1.54) is 16.7 Å². The minimum Gasteiger partial charge on any atom is -0.327 e. The summed E-state index contributed by atoms with van der Waals surface area (Å²) in [6, 6.07) is 8.75. The first-order valence-electron chi connectivity index (χ1n) is 5.30. The van der Waals surface area contributed by atoms with E-state index in [-0.39, 0.29) is 0 Å². The summed E-state index contributed by atoms with van der Waals surface area (Å²) in [6.45, 7) is 4.96. The Hall–Kier alpha value is -1.08. The standard InChI is InChI=1S/C13H19N/c1-3-11-5-7-13(8-6-11)12(4-2)9-10-14/h5-9H,3-4,10,14H2,1-2H3. The van der Waals surface area contributed by atoms with E-state index in [0.717, 1.165) is 12.8 Å². The van der Waals surface area contributed by atoms with Crippen molar-refractivity contribution in [2.45, 2.75) is 26.7 Å². The van der Waals surface area contributed by atoms with Crippen molar-refractivity contribution in [2.75, 3.05) is 6.54 Å². The van der Waals surface area contributed by atoms with Crippen LogP contribution < -0.4 is 5.73 Å². The second kappa shape index (κ2) is 5.61. The maximum atomic E-state index is 5.52. The van der Waals surface area contributed by atoms with Crippen LogP contribution in [0.4, 0.5) is 0 Å². The van der Waals surface area contributed by atoms with Crippen LogP contribution in [0.5, 0.6) is 0 Å². The van der Waals surface area contributed by atoms with Crippen molar-refractivity contribution in [3.63, 3.8) is 0 Å². The van der Waals surface area contributed by atoms with Crippen molar-refractivity contribution in [1.82, 2.24) is 0 Å². The molecule has 0 fully saturated rings. The molecule has 0 radical (unpaired) electrons. The predicted molar refractivity (Wildman–Crippen MR) is 63.1 cm³/mol. The van der Waals surface area contributed by atoms with Gasteiger partial charge in [0, 0.05) is 6.54 Å². The van der Waals surface area contributed by atoms with Gasteiger partial charge in [-0.3, -0.25) is 0 Å². The molecule has 1 rings (SSSR count). The molecule has 0 bridgehead atoms. The Morgan fingerprint density at radius 3 is 2.29 bits per heavy atom. The molecule has 0 spiro atoms. The summed E-state index contributed by atoms with van der Waals surface area (Å²) in [5.74, 6) is 0. The van der Waals surface area contributed by atoms with Gasteiger partial charge < -0.3 is 5.73 Å². The molecule has 2 N–H and O–H groups in total. The van der Waals surface area contributed by atoms with E-state index in [4.69, 9.17) is 5.73 Å². The van der Waals surface area contributed by atoms with Crippen molar-refractivity contribution in [1.29, 1.82) is 0 Å². The Kier molecular flexibility index (Phi) is 4.41. The number of hydrogen-bond acceptors (Lipinski definition) is 1. The Morgan fingerprint density at radius 1 is 1.21 bits per heavy atom. The minimum absolute atomic E-state index is 0.624. The molecule has 0 saturated heterocycles. The number of nitrogens with two attached hydrogens (primary N) is 1. The van der Waals surface area contributed by atoms with Gasteiger partial charge in [-0.25, -0.2) is 0 Å². The molecule has 0 aromatic heterocycles. The highest BCUT2D eigenvalue weighted by Crippen LogP contribution is 2.18. The van der Waals surface area contributed by atoms with E-state index in [0.29, 0.717) is 6.54 Å². The molecule has 1 heteroatoms. The van der Waals surface area contributed by atoms with Crippen molar-refractivity contribution >= 4 is 5.57 Å². The number of hydrogen-bond donors (Lipinski definition) is 1. The van der Waals surface area contributed by atoms with Gasteiger partial charge in [0.25, 0.3) is 0 Å². The van der Waals surface area contributed by atoms with Crippen LogP contribution in [0, 0.1) is 0 Å². The lowest BCUT2D eigenvalue weighted by Gasteiger charge is -2.05. The molecular formula is C13H19N. The van der Waals surface area contributed by atoms with Gasteiger partial charge in [-0.1, -0.05) is 44.2 Å². The zero-order valence-electron chi connectivity index (χ0n) is 9.09. The van der Waals surface area contributed by atoms with E-state index < -0.39 is 0 Å². The lowest BCUT2D eigenvalue weighted by atomic mass is 10.0. The SMILES string of the molecule is CCC(=CCN)c1ccc(CC)cc1. The fraction of sp³-hybridized carbons (Fsp3) is 0.385. The second-order valence-corrected chi connectivity index (χ2v) is 3.37. The largest absolute Gasteiger partial charge is 0.327 e. The van der Waals surface area contributed by atoms with Gasteiger partial charge in [-0.05, 0) is 29.5 Å². The van der Waals surface area contributed by atoms with Crippen molar-refractivity contribution in [3.8, 4) is 0 Å². The summed E-state index contributed by atoms with van der Waals surface area (Å²) in [5.41, 5.74) is 9.55. The fourth-order valence-corrected chi connectivity index (χ4v) is 1.56. The van der Waals surface area contributed by atoms with Crippen LogP contribution in [0.2, 0.25) is 0 Å². The van der Waals surface area contributed by atoms with E-state index >= 15 is 0 Å². The van der Waals surface area contributed by atoms with Gasteiger partial charge in [0.05, 0.1) is 0 Å². The first-order chi connectivity index (χ1) is 6.81. The molecule has 0 aliphatic rings. The van der Waals surface area contributed by atoms with Crippen LogP contribution in [0.25, 0.3) is 5.57 Å². The minimum atomic E-state index is 0.624. The average Bonchev–Trinajstić information content (AvgIpc) is 2.26. The number of allylic oxidation sites excluding steroid dienone is 1. The molecular weight excluding hydrogens is 170 g/mol. The fourth-order valence-electron chi connectivity index (χ4n) is 1.56. The van der Waals surface area contributed by atoms with Crippen LogP contribution in [-0.2, 0) is 6.42 Å². The third kappa shape index (κ3) is 2.71. The highest BCUT2D eigenvalue weighted by molar-refractivity contribution is 5.65. The third-order valence-electron chi connectivity index (χ3n) is 2.48. The van der Waals surface area contributed by atoms with Gasteiger partial charge in [-0.2, -0.15) is 0 Å². The van der Waals surface area contributed by atoms with Gasteiger partial charge in [-0.15, -0.1) is 0 Å². The summed E-state index contributed by atoms with van der Waals surface area (Å²) in [7, 11) is 0. The number of aryl methyl sites for hydroxylation is 1. The molecule has 0 saturated carbocycles. The van der Waals surface area contributed by atoms with Crippen molar-refractivity contribution in [3.05, 3.63) is 41.5 Å². The van der Waals surface area contributed by atoms with E-state index in [1.54, 1.807) is 0 Å². The van der Waals surface area contributed by atoms with E-state index in [9.17, 15) is 0 Å². The summed E-state index contributed by atoms with van der Waals surface area (Å²) in [5, 5.41) is 0. The normalized spacial score (nSPS) is 11.8. The average molecular weight is 189 g/mol. The summed E-state index contributed by atoms with van der Waals surface area (Å²) in [4.78, 5) is 0. The van der Waals surface area contributed by atoms with Gasteiger partial charge in [0.1, 0.15) is 0 Å². The topological polar surface area (TPSA) is 26.0 Å². The number of benzene rings is 1. The van der Waals surface area contributed by atoms with Crippen molar-refractivity contribution < 1.29 is 0 Å². The number of rotatable bonds is 4. The predicted octanol–water partition coefficient (Wildman–Crippen LogP) is 3.00. The molecule has 0 aliphatic carbocycles. The molecule has 14 heavy (non-hydrogen) atoms. The van der Waals surface area contributed by atoms with Gasteiger partial charge in [0.15, 0.2) is 0 Å². The van der Waals surface area contributed by atoms with Crippen molar-refractivity contribution in [2.24, 2.45) is 5.73 Å². The zero-order valence-corrected chi connectivity index (χ0v) is 9.09. The zero-order chi connectivity index (χ0) is 10.4. The van der Waals surface area contributed by atoms with Gasteiger partial charge >= 0.3 is 0 Å². The lowest BCUT2D eigenvalue weighted by Crippen LogP contribution is -1.95. The van der Waals surface area contributed by atoms with Crippen LogP contribution >= 0.6 is 0 Å². The molecule has 76 valence electrons. The summed E-state index contributed by atoms with van der Waals surface area (Å²) >= 11 is 0. The summed E-state index contributed by atoms with van der Waals surface area (Å²) in [6.07, 6.45) is 4.24. The van der Waals surface area contributed by atoms with Crippen LogP contribution in [0.15, 0.2) is 30.3 Å². The first kappa shape index (κ1) is 11.0.